The Morgan fingerprint density at radius 3 is 2.40 bits per heavy atom. The lowest BCUT2D eigenvalue weighted by Crippen LogP contribution is -2.41. The first kappa shape index (κ1) is 23.4. The quantitative estimate of drug-likeness (QED) is 0.426. The first-order valence-electron chi connectivity index (χ1n) is 11.5. The Balaban J connectivity index is 1.43. The van der Waals surface area contributed by atoms with Crippen LogP contribution < -0.4 is 10.1 Å². The Morgan fingerprint density at radius 1 is 1.03 bits per heavy atom. The van der Waals surface area contributed by atoms with E-state index in [0.29, 0.717) is 54.2 Å². The van der Waals surface area contributed by atoms with Crippen LogP contribution in [0.4, 0.5) is 10.1 Å². The maximum Gasteiger partial charge on any atom is 0.225 e. The van der Waals surface area contributed by atoms with Gasteiger partial charge < -0.3 is 10.1 Å². The number of para-hydroxylation sites is 2. The maximum absolute atomic E-state index is 14.7. The second kappa shape index (κ2) is 9.35. The number of sulfonamides is 1. The highest BCUT2D eigenvalue weighted by atomic mass is 32.2. The molecule has 1 atom stereocenters. The molecule has 1 fully saturated rings. The summed E-state index contributed by atoms with van der Waals surface area (Å²) in [4.78, 5) is 13.6. The molecule has 0 amide bonds. The van der Waals surface area contributed by atoms with Crippen LogP contribution in [-0.4, -0.2) is 53.1 Å². The molecule has 1 N–H and O–H groups in total. The van der Waals surface area contributed by atoms with Crippen LogP contribution in [0, 0.1) is 5.82 Å². The first-order chi connectivity index (χ1) is 16.8. The van der Waals surface area contributed by atoms with E-state index in [-0.39, 0.29) is 6.10 Å². The molecule has 4 aromatic rings. The second-order valence-corrected chi connectivity index (χ2v) is 10.7. The van der Waals surface area contributed by atoms with Gasteiger partial charge in [0, 0.05) is 18.5 Å². The minimum absolute atomic E-state index is 0.163. The average molecular weight is 496 g/mol. The van der Waals surface area contributed by atoms with Gasteiger partial charge in [-0.05, 0) is 38.0 Å². The highest BCUT2D eigenvalue weighted by Gasteiger charge is 2.27. The molecular formula is C25H26FN5O3S. The molecule has 1 saturated heterocycles. The highest BCUT2D eigenvalue weighted by molar-refractivity contribution is 7.88. The van der Waals surface area contributed by atoms with Gasteiger partial charge in [-0.15, -0.1) is 0 Å². The topological polar surface area (TPSA) is 97.3 Å². The summed E-state index contributed by atoms with van der Waals surface area (Å²) in [5, 5.41) is 4.67. The van der Waals surface area contributed by atoms with Crippen LogP contribution in [-0.2, 0) is 10.0 Å². The Kier molecular flexibility index (Phi) is 6.24. The van der Waals surface area contributed by atoms with Gasteiger partial charge in [-0.3, -0.25) is 4.98 Å². The number of hydrogen-bond donors (Lipinski definition) is 1. The minimum atomic E-state index is -3.21. The Bertz CT molecular complexity index is 1490. The fourth-order valence-corrected chi connectivity index (χ4v) is 5.21. The Labute approximate surface area is 203 Å². The molecule has 35 heavy (non-hydrogen) atoms. The number of nitrogens with zero attached hydrogens (tertiary/aromatic N) is 4. The van der Waals surface area contributed by atoms with Crippen molar-refractivity contribution in [3.8, 4) is 5.88 Å². The zero-order chi connectivity index (χ0) is 24.6. The summed E-state index contributed by atoms with van der Waals surface area (Å²) < 4.78 is 46.1. The number of fused-ring (bicyclic) bond motifs is 2. The van der Waals surface area contributed by atoms with Gasteiger partial charge in [0.05, 0.1) is 40.6 Å². The first-order valence-corrected chi connectivity index (χ1v) is 13.3. The van der Waals surface area contributed by atoms with Crippen LogP contribution in [0.3, 0.4) is 0 Å². The van der Waals surface area contributed by atoms with Crippen LogP contribution in [0.25, 0.3) is 21.8 Å². The van der Waals surface area contributed by atoms with Gasteiger partial charge in [0.25, 0.3) is 0 Å². The van der Waals surface area contributed by atoms with Crippen molar-refractivity contribution in [2.24, 2.45) is 0 Å². The highest BCUT2D eigenvalue weighted by Crippen LogP contribution is 2.31. The van der Waals surface area contributed by atoms with Crippen molar-refractivity contribution in [2.45, 2.75) is 31.9 Å². The van der Waals surface area contributed by atoms with Crippen molar-refractivity contribution >= 4 is 37.5 Å². The number of ether oxygens (including phenoxy) is 1. The molecular weight excluding hydrogens is 469 g/mol. The molecule has 5 rings (SSSR count). The molecule has 1 unspecified atom stereocenters. The molecule has 182 valence electrons. The molecule has 1 aliphatic heterocycles. The fraction of sp³-hybridized carbons (Fsp3) is 0.320. The van der Waals surface area contributed by atoms with E-state index in [9.17, 15) is 12.8 Å². The summed E-state index contributed by atoms with van der Waals surface area (Å²) in [5.74, 6) is 0.454. The van der Waals surface area contributed by atoms with E-state index in [0.717, 1.165) is 10.9 Å². The summed E-state index contributed by atoms with van der Waals surface area (Å²) in [7, 11) is -3.21. The van der Waals surface area contributed by atoms with Crippen molar-refractivity contribution in [2.75, 3.05) is 24.7 Å². The Hall–Kier alpha value is -3.37. The molecule has 0 radical (unpaired) electrons. The summed E-state index contributed by atoms with van der Waals surface area (Å²) in [6.07, 6.45) is 3.41. The van der Waals surface area contributed by atoms with Crippen LogP contribution in [0.2, 0.25) is 0 Å². The zero-order valence-electron chi connectivity index (χ0n) is 19.5. The van der Waals surface area contributed by atoms with E-state index in [1.165, 1.54) is 16.8 Å². The summed E-state index contributed by atoms with van der Waals surface area (Å²) in [6, 6.07) is 14.5. The van der Waals surface area contributed by atoms with E-state index >= 15 is 0 Å². The van der Waals surface area contributed by atoms with Crippen LogP contribution >= 0.6 is 0 Å². The molecule has 8 nitrogen and oxygen atoms in total. The second-order valence-electron chi connectivity index (χ2n) is 8.75. The molecule has 0 bridgehead atoms. The van der Waals surface area contributed by atoms with E-state index in [4.69, 9.17) is 14.7 Å². The largest absolute Gasteiger partial charge is 0.474 e. The number of aromatic nitrogens is 3. The van der Waals surface area contributed by atoms with Crippen molar-refractivity contribution in [1.82, 2.24) is 19.3 Å². The molecule has 0 saturated carbocycles. The van der Waals surface area contributed by atoms with Crippen LogP contribution in [0.1, 0.15) is 31.6 Å². The smallest absolute Gasteiger partial charge is 0.225 e. The molecule has 0 aliphatic carbocycles. The molecule has 1 aliphatic rings. The number of nitrogens with one attached hydrogen (secondary N) is 1. The number of benzene rings is 2. The molecule has 10 heteroatoms. The normalized spacial score (nSPS) is 16.4. The number of pyridine rings is 1. The molecule has 0 spiro atoms. The van der Waals surface area contributed by atoms with E-state index < -0.39 is 21.9 Å². The SMILES string of the molecule is CC(Nc1c(F)cnc2ccccc12)c1nc(OC2CCN(S(C)(=O)=O)CC2)c2ccccc2n1. The lowest BCUT2D eigenvalue weighted by molar-refractivity contribution is 0.131. The predicted molar refractivity (Wildman–Crippen MR) is 133 cm³/mol. The summed E-state index contributed by atoms with van der Waals surface area (Å²) in [6.45, 7) is 2.69. The van der Waals surface area contributed by atoms with Gasteiger partial charge in [0.1, 0.15) is 6.10 Å². The lowest BCUT2D eigenvalue weighted by atomic mass is 10.1. The van der Waals surface area contributed by atoms with Crippen LogP contribution in [0.15, 0.2) is 54.7 Å². The van der Waals surface area contributed by atoms with Crippen molar-refractivity contribution in [3.63, 3.8) is 0 Å². The lowest BCUT2D eigenvalue weighted by Gasteiger charge is -2.30. The number of piperidine rings is 1. The number of anilines is 1. The molecule has 3 heterocycles. The number of hydrogen-bond acceptors (Lipinski definition) is 7. The van der Waals surface area contributed by atoms with Gasteiger partial charge in [0.2, 0.25) is 15.9 Å². The average Bonchev–Trinajstić information content (AvgIpc) is 2.85. The Morgan fingerprint density at radius 2 is 1.69 bits per heavy atom. The zero-order valence-corrected chi connectivity index (χ0v) is 20.3. The third kappa shape index (κ3) is 4.89. The summed E-state index contributed by atoms with van der Waals surface area (Å²) >= 11 is 0. The van der Waals surface area contributed by atoms with Gasteiger partial charge in [-0.25, -0.2) is 22.1 Å². The van der Waals surface area contributed by atoms with Crippen molar-refractivity contribution in [1.29, 1.82) is 0 Å². The third-order valence-corrected chi connectivity index (χ3v) is 7.51. The predicted octanol–water partition coefficient (Wildman–Crippen LogP) is 4.29. The van der Waals surface area contributed by atoms with Gasteiger partial charge in [0.15, 0.2) is 11.6 Å². The van der Waals surface area contributed by atoms with E-state index in [1.54, 1.807) is 0 Å². The third-order valence-electron chi connectivity index (χ3n) is 6.21. The fourth-order valence-electron chi connectivity index (χ4n) is 4.33. The van der Waals surface area contributed by atoms with E-state index in [1.807, 2.05) is 55.5 Å². The number of rotatable bonds is 6. The van der Waals surface area contributed by atoms with Gasteiger partial charge in [-0.1, -0.05) is 30.3 Å². The maximum atomic E-state index is 14.7. The van der Waals surface area contributed by atoms with Crippen molar-refractivity contribution in [3.05, 3.63) is 66.4 Å². The number of halogens is 1. The minimum Gasteiger partial charge on any atom is -0.474 e. The van der Waals surface area contributed by atoms with Gasteiger partial charge in [-0.2, -0.15) is 4.98 Å². The van der Waals surface area contributed by atoms with Crippen molar-refractivity contribution < 1.29 is 17.5 Å². The standard InChI is InChI=1S/C25H26FN5O3S/c1-16(28-23-18-7-3-5-9-21(18)27-15-20(23)26)24-29-22-10-6-4-8-19(22)25(30-24)34-17-11-13-31(14-12-17)35(2,32)33/h3-10,15-17H,11-14H2,1-2H3,(H,27,28). The van der Waals surface area contributed by atoms with Gasteiger partial charge >= 0.3 is 0 Å². The van der Waals surface area contributed by atoms with Crippen LogP contribution in [0.5, 0.6) is 5.88 Å². The molecule has 2 aromatic carbocycles. The van der Waals surface area contributed by atoms with E-state index in [2.05, 4.69) is 10.3 Å². The monoisotopic (exact) mass is 495 g/mol. The molecule has 2 aromatic heterocycles. The summed E-state index contributed by atoms with van der Waals surface area (Å²) in [5.41, 5.74) is 1.75.